The van der Waals surface area contributed by atoms with Crippen LogP contribution in [0.25, 0.3) is 0 Å². The molecule has 1 aliphatic heterocycles. The van der Waals surface area contributed by atoms with Gasteiger partial charge in [-0.2, -0.15) is 0 Å². The maximum atomic E-state index is 9.85. The standard InChI is InChI=1S/C22H42O5/c1-2-3-4-5-6-7-8-9-10-11-12-13-14-15-16-26-22-20(25)18-27-21(22)19(24)17-23/h14-15,19-25H,2-13,16-18H2,1H3/b15-14+/t19-,20+,21+,22+/m0/s1. The van der Waals surface area contributed by atoms with Gasteiger partial charge < -0.3 is 24.8 Å². The van der Waals surface area contributed by atoms with Gasteiger partial charge in [0, 0.05) is 0 Å². The Kier molecular flexibility index (Phi) is 15.0. The fourth-order valence-corrected chi connectivity index (χ4v) is 3.54. The summed E-state index contributed by atoms with van der Waals surface area (Å²) < 4.78 is 10.9. The molecule has 0 aromatic carbocycles. The second-order valence-electron chi connectivity index (χ2n) is 7.71. The molecule has 1 rings (SSSR count). The van der Waals surface area contributed by atoms with Crippen LogP contribution in [0.5, 0.6) is 0 Å². The Morgan fingerprint density at radius 3 is 2.15 bits per heavy atom. The Morgan fingerprint density at radius 2 is 1.56 bits per heavy atom. The highest BCUT2D eigenvalue weighted by Crippen LogP contribution is 2.21. The molecule has 5 heteroatoms. The second-order valence-corrected chi connectivity index (χ2v) is 7.71. The van der Waals surface area contributed by atoms with Gasteiger partial charge in [0.15, 0.2) is 0 Å². The van der Waals surface area contributed by atoms with Crippen LogP contribution >= 0.6 is 0 Å². The minimum Gasteiger partial charge on any atom is -0.394 e. The average Bonchev–Trinajstić information content (AvgIpc) is 3.04. The highest BCUT2D eigenvalue weighted by Gasteiger charge is 2.40. The normalized spacial score (nSPS) is 24.1. The maximum Gasteiger partial charge on any atom is 0.115 e. The zero-order valence-electron chi connectivity index (χ0n) is 17.2. The van der Waals surface area contributed by atoms with Crippen LogP contribution in [0.1, 0.15) is 84.0 Å². The lowest BCUT2D eigenvalue weighted by atomic mass is 10.1. The molecule has 0 aromatic heterocycles. The molecule has 5 nitrogen and oxygen atoms in total. The highest BCUT2D eigenvalue weighted by molar-refractivity contribution is 4.91. The fraction of sp³-hybridized carbons (Fsp3) is 0.909. The summed E-state index contributed by atoms with van der Waals surface area (Å²) in [7, 11) is 0. The van der Waals surface area contributed by atoms with E-state index in [1.807, 2.05) is 6.08 Å². The number of hydrogen-bond donors (Lipinski definition) is 3. The van der Waals surface area contributed by atoms with Gasteiger partial charge in [-0.1, -0.05) is 83.3 Å². The predicted molar refractivity (Wildman–Crippen MR) is 109 cm³/mol. The van der Waals surface area contributed by atoms with E-state index in [0.717, 1.165) is 6.42 Å². The third-order valence-corrected chi connectivity index (χ3v) is 5.25. The molecule has 0 aliphatic carbocycles. The summed E-state index contributed by atoms with van der Waals surface area (Å²) in [5.74, 6) is 0. The molecule has 0 aromatic rings. The number of aliphatic hydroxyl groups excluding tert-OH is 3. The van der Waals surface area contributed by atoms with Crippen molar-refractivity contribution in [1.29, 1.82) is 0 Å². The predicted octanol–water partition coefficient (Wildman–Crippen LogP) is 3.74. The Hall–Kier alpha value is -0.460. The SMILES string of the molecule is CCCCCCCCCCCCC/C=C/CO[C@H]1[C@@H]([C@@H](O)CO)OC[C@H]1O. The van der Waals surface area contributed by atoms with E-state index in [4.69, 9.17) is 14.6 Å². The van der Waals surface area contributed by atoms with Crippen LogP contribution in [0.4, 0.5) is 0 Å². The molecule has 0 saturated carbocycles. The lowest BCUT2D eigenvalue weighted by molar-refractivity contribution is -0.0879. The zero-order valence-corrected chi connectivity index (χ0v) is 17.2. The van der Waals surface area contributed by atoms with Crippen molar-refractivity contribution in [2.75, 3.05) is 19.8 Å². The molecule has 4 atom stereocenters. The van der Waals surface area contributed by atoms with Crippen LogP contribution in [0.3, 0.4) is 0 Å². The number of aliphatic hydroxyl groups is 3. The molecule has 0 unspecified atom stereocenters. The molecule has 1 fully saturated rings. The molecule has 0 spiro atoms. The molecular formula is C22H42O5. The average molecular weight is 387 g/mol. The van der Waals surface area contributed by atoms with E-state index >= 15 is 0 Å². The van der Waals surface area contributed by atoms with Gasteiger partial charge in [-0.05, 0) is 12.8 Å². The summed E-state index contributed by atoms with van der Waals surface area (Å²) in [6.07, 6.45) is 17.0. The van der Waals surface area contributed by atoms with Gasteiger partial charge in [0.1, 0.15) is 24.4 Å². The first-order valence-electron chi connectivity index (χ1n) is 11.1. The Balaban J connectivity index is 1.93. The molecule has 3 N–H and O–H groups in total. The van der Waals surface area contributed by atoms with Crippen LogP contribution < -0.4 is 0 Å². The number of unbranched alkanes of at least 4 members (excludes halogenated alkanes) is 11. The lowest BCUT2D eigenvalue weighted by Gasteiger charge is -2.23. The van der Waals surface area contributed by atoms with E-state index in [1.165, 1.54) is 70.6 Å². The monoisotopic (exact) mass is 386 g/mol. The van der Waals surface area contributed by atoms with E-state index in [0.29, 0.717) is 6.61 Å². The van der Waals surface area contributed by atoms with Crippen LogP contribution in [-0.4, -0.2) is 59.6 Å². The third-order valence-electron chi connectivity index (χ3n) is 5.25. The molecule has 0 radical (unpaired) electrons. The van der Waals surface area contributed by atoms with Crippen LogP contribution in [0.15, 0.2) is 12.2 Å². The summed E-state index contributed by atoms with van der Waals surface area (Å²) in [6, 6.07) is 0. The van der Waals surface area contributed by atoms with Gasteiger partial charge in [-0.3, -0.25) is 0 Å². The molecule has 0 bridgehead atoms. The maximum absolute atomic E-state index is 9.85. The third kappa shape index (κ3) is 11.2. The first-order chi connectivity index (χ1) is 13.2. The van der Waals surface area contributed by atoms with E-state index in [-0.39, 0.29) is 6.61 Å². The van der Waals surface area contributed by atoms with Crippen molar-refractivity contribution in [2.24, 2.45) is 0 Å². The van der Waals surface area contributed by atoms with Gasteiger partial charge in [0.2, 0.25) is 0 Å². The van der Waals surface area contributed by atoms with Gasteiger partial charge >= 0.3 is 0 Å². The highest BCUT2D eigenvalue weighted by atomic mass is 16.6. The summed E-state index contributed by atoms with van der Waals surface area (Å²) >= 11 is 0. The molecule has 1 heterocycles. The Bertz CT molecular complexity index is 361. The van der Waals surface area contributed by atoms with E-state index < -0.39 is 31.0 Å². The fourth-order valence-electron chi connectivity index (χ4n) is 3.54. The van der Waals surface area contributed by atoms with Crippen molar-refractivity contribution >= 4 is 0 Å². The van der Waals surface area contributed by atoms with Crippen molar-refractivity contribution in [3.63, 3.8) is 0 Å². The minimum atomic E-state index is -1.02. The quantitative estimate of drug-likeness (QED) is 0.262. The topological polar surface area (TPSA) is 79.2 Å². The molecule has 27 heavy (non-hydrogen) atoms. The van der Waals surface area contributed by atoms with Crippen molar-refractivity contribution < 1.29 is 24.8 Å². The van der Waals surface area contributed by atoms with Gasteiger partial charge in [-0.15, -0.1) is 0 Å². The lowest BCUT2D eigenvalue weighted by Crippen LogP contribution is -2.42. The molecule has 1 saturated heterocycles. The number of ether oxygens (including phenoxy) is 2. The molecule has 0 amide bonds. The smallest absolute Gasteiger partial charge is 0.115 e. The Labute approximate surface area is 165 Å². The minimum absolute atomic E-state index is 0.134. The first-order valence-corrected chi connectivity index (χ1v) is 11.1. The van der Waals surface area contributed by atoms with Crippen molar-refractivity contribution in [3.8, 4) is 0 Å². The van der Waals surface area contributed by atoms with Gasteiger partial charge in [0.25, 0.3) is 0 Å². The number of allylic oxidation sites excluding steroid dienone is 1. The largest absolute Gasteiger partial charge is 0.394 e. The van der Waals surface area contributed by atoms with Crippen molar-refractivity contribution in [3.05, 3.63) is 12.2 Å². The van der Waals surface area contributed by atoms with Crippen LogP contribution in [0.2, 0.25) is 0 Å². The van der Waals surface area contributed by atoms with E-state index in [9.17, 15) is 10.2 Å². The van der Waals surface area contributed by atoms with E-state index in [2.05, 4.69) is 13.0 Å². The van der Waals surface area contributed by atoms with Crippen molar-refractivity contribution in [1.82, 2.24) is 0 Å². The van der Waals surface area contributed by atoms with Crippen LogP contribution in [0, 0.1) is 0 Å². The summed E-state index contributed by atoms with van der Waals surface area (Å²) in [5.41, 5.74) is 0. The summed E-state index contributed by atoms with van der Waals surface area (Å²) in [6.45, 7) is 2.38. The number of hydrogen-bond acceptors (Lipinski definition) is 5. The first kappa shape index (κ1) is 24.6. The number of rotatable bonds is 17. The summed E-state index contributed by atoms with van der Waals surface area (Å²) in [4.78, 5) is 0. The Morgan fingerprint density at radius 1 is 0.963 bits per heavy atom. The molecule has 160 valence electrons. The summed E-state index contributed by atoms with van der Waals surface area (Å²) in [5, 5.41) is 28.6. The molecule has 1 aliphatic rings. The van der Waals surface area contributed by atoms with Gasteiger partial charge in [0.05, 0.1) is 19.8 Å². The van der Waals surface area contributed by atoms with Gasteiger partial charge in [-0.25, -0.2) is 0 Å². The van der Waals surface area contributed by atoms with Crippen LogP contribution in [-0.2, 0) is 9.47 Å². The van der Waals surface area contributed by atoms with E-state index in [1.54, 1.807) is 0 Å². The zero-order chi connectivity index (χ0) is 19.7. The molecular weight excluding hydrogens is 344 g/mol. The second kappa shape index (κ2) is 16.5. The van der Waals surface area contributed by atoms with Crippen molar-refractivity contribution in [2.45, 2.75) is 108 Å².